The van der Waals surface area contributed by atoms with Crippen LogP contribution in [0.1, 0.15) is 25.2 Å². The summed E-state index contributed by atoms with van der Waals surface area (Å²) in [7, 11) is 1.37. The molecule has 0 radical (unpaired) electrons. The van der Waals surface area contributed by atoms with Crippen LogP contribution in [0.3, 0.4) is 0 Å². The van der Waals surface area contributed by atoms with E-state index >= 15 is 0 Å². The highest BCUT2D eigenvalue weighted by atomic mass is 16.5. The standard InChI is InChI=1S/C11H16N2O4/c1-7(2)16-10-8-6-13(11(14)15-3)5-4-9(8)17-12-10/h7H,4-6H2,1-3H3. The van der Waals surface area contributed by atoms with Crippen molar-refractivity contribution < 1.29 is 18.8 Å². The highest BCUT2D eigenvalue weighted by Crippen LogP contribution is 2.28. The molecule has 0 saturated heterocycles. The Kier molecular flexibility index (Phi) is 3.21. The molecule has 17 heavy (non-hydrogen) atoms. The van der Waals surface area contributed by atoms with E-state index in [1.54, 1.807) is 4.90 Å². The summed E-state index contributed by atoms with van der Waals surface area (Å²) in [6.07, 6.45) is 0.323. The Morgan fingerprint density at radius 2 is 2.29 bits per heavy atom. The van der Waals surface area contributed by atoms with Crippen LogP contribution < -0.4 is 4.74 Å². The fourth-order valence-electron chi connectivity index (χ4n) is 1.79. The molecule has 0 atom stereocenters. The molecule has 0 saturated carbocycles. The number of carbonyl (C=O) groups is 1. The first-order valence-corrected chi connectivity index (χ1v) is 5.58. The molecule has 0 aliphatic carbocycles. The van der Waals surface area contributed by atoms with Crippen LogP contribution in [0, 0.1) is 0 Å². The maximum absolute atomic E-state index is 11.4. The van der Waals surface area contributed by atoms with E-state index in [9.17, 15) is 4.79 Å². The van der Waals surface area contributed by atoms with E-state index in [4.69, 9.17) is 14.0 Å². The van der Waals surface area contributed by atoms with Gasteiger partial charge in [-0.3, -0.25) is 0 Å². The molecule has 0 fully saturated rings. The van der Waals surface area contributed by atoms with Crippen molar-refractivity contribution in [2.24, 2.45) is 0 Å². The van der Waals surface area contributed by atoms with E-state index in [2.05, 4.69) is 5.16 Å². The monoisotopic (exact) mass is 240 g/mol. The maximum atomic E-state index is 11.4. The minimum Gasteiger partial charge on any atom is -0.473 e. The predicted molar refractivity (Wildman–Crippen MR) is 58.8 cm³/mol. The van der Waals surface area contributed by atoms with Crippen LogP contribution in [0.4, 0.5) is 4.79 Å². The molecule has 2 heterocycles. The molecule has 1 aromatic heterocycles. The zero-order valence-corrected chi connectivity index (χ0v) is 10.2. The van der Waals surface area contributed by atoms with Gasteiger partial charge in [0.25, 0.3) is 5.88 Å². The zero-order valence-electron chi connectivity index (χ0n) is 10.2. The molecule has 1 amide bonds. The minimum absolute atomic E-state index is 0.0257. The highest BCUT2D eigenvalue weighted by molar-refractivity contribution is 5.68. The first kappa shape index (κ1) is 11.8. The summed E-state index contributed by atoms with van der Waals surface area (Å²) in [5, 5.41) is 3.88. The van der Waals surface area contributed by atoms with Gasteiger partial charge in [0.2, 0.25) is 0 Å². The van der Waals surface area contributed by atoms with E-state index in [-0.39, 0.29) is 12.2 Å². The van der Waals surface area contributed by atoms with Gasteiger partial charge in [0.1, 0.15) is 5.76 Å². The Labute approximate surface area is 99.5 Å². The summed E-state index contributed by atoms with van der Waals surface area (Å²) in [6, 6.07) is 0. The van der Waals surface area contributed by atoms with Crippen molar-refractivity contribution in [2.75, 3.05) is 13.7 Å². The van der Waals surface area contributed by atoms with Gasteiger partial charge >= 0.3 is 6.09 Å². The number of hydrogen-bond donors (Lipinski definition) is 0. The fourth-order valence-corrected chi connectivity index (χ4v) is 1.79. The third-order valence-corrected chi connectivity index (χ3v) is 2.57. The predicted octanol–water partition coefficient (Wildman–Crippen LogP) is 1.59. The van der Waals surface area contributed by atoms with Crippen LogP contribution in [0.2, 0.25) is 0 Å². The van der Waals surface area contributed by atoms with E-state index in [1.807, 2.05) is 13.8 Å². The van der Waals surface area contributed by atoms with Gasteiger partial charge in [0, 0.05) is 13.0 Å². The van der Waals surface area contributed by atoms with Gasteiger partial charge in [-0.05, 0) is 19.0 Å². The number of hydrogen-bond acceptors (Lipinski definition) is 5. The second kappa shape index (κ2) is 4.65. The lowest BCUT2D eigenvalue weighted by Crippen LogP contribution is -2.35. The molecule has 1 aromatic rings. The number of nitrogens with zero attached hydrogens (tertiary/aromatic N) is 2. The minimum atomic E-state index is -0.340. The summed E-state index contributed by atoms with van der Waals surface area (Å²) >= 11 is 0. The number of carbonyl (C=O) groups excluding carboxylic acids is 1. The quantitative estimate of drug-likeness (QED) is 0.785. The summed E-state index contributed by atoms with van der Waals surface area (Å²) in [4.78, 5) is 13.0. The fraction of sp³-hybridized carbons (Fsp3) is 0.636. The molecule has 0 aromatic carbocycles. The second-order valence-electron chi connectivity index (χ2n) is 4.20. The molecule has 1 aliphatic rings. The third kappa shape index (κ3) is 2.35. The van der Waals surface area contributed by atoms with Crippen LogP contribution in [0.25, 0.3) is 0 Å². The summed E-state index contributed by atoms with van der Waals surface area (Å²) < 4.78 is 15.4. The topological polar surface area (TPSA) is 64.8 Å². The van der Waals surface area contributed by atoms with Crippen molar-refractivity contribution in [2.45, 2.75) is 32.9 Å². The third-order valence-electron chi connectivity index (χ3n) is 2.57. The SMILES string of the molecule is COC(=O)N1CCc2onc(OC(C)C)c2C1. The number of methoxy groups -OCH3 is 1. The molecule has 6 heteroatoms. The van der Waals surface area contributed by atoms with Gasteiger partial charge in [-0.2, -0.15) is 0 Å². The first-order chi connectivity index (χ1) is 8.11. The van der Waals surface area contributed by atoms with Gasteiger partial charge in [-0.15, -0.1) is 0 Å². The number of fused-ring (bicyclic) bond motifs is 1. The highest BCUT2D eigenvalue weighted by Gasteiger charge is 2.28. The summed E-state index contributed by atoms with van der Waals surface area (Å²) in [5.41, 5.74) is 0.843. The molecule has 0 bridgehead atoms. The van der Waals surface area contributed by atoms with Crippen molar-refractivity contribution in [3.63, 3.8) is 0 Å². The van der Waals surface area contributed by atoms with E-state index < -0.39 is 0 Å². The smallest absolute Gasteiger partial charge is 0.409 e. The maximum Gasteiger partial charge on any atom is 0.409 e. The lowest BCUT2D eigenvalue weighted by Gasteiger charge is -2.24. The second-order valence-corrected chi connectivity index (χ2v) is 4.20. The van der Waals surface area contributed by atoms with Gasteiger partial charge in [0.15, 0.2) is 0 Å². The zero-order chi connectivity index (χ0) is 12.4. The Hall–Kier alpha value is -1.72. The molecule has 2 rings (SSSR count). The van der Waals surface area contributed by atoms with E-state index in [0.717, 1.165) is 11.3 Å². The van der Waals surface area contributed by atoms with Gasteiger partial charge in [-0.1, -0.05) is 0 Å². The summed E-state index contributed by atoms with van der Waals surface area (Å²) in [5.74, 6) is 1.27. The molecule has 94 valence electrons. The van der Waals surface area contributed by atoms with Crippen LogP contribution in [-0.4, -0.2) is 35.9 Å². The Morgan fingerprint density at radius 1 is 1.53 bits per heavy atom. The first-order valence-electron chi connectivity index (χ1n) is 5.58. The van der Waals surface area contributed by atoms with Gasteiger partial charge in [-0.25, -0.2) is 4.79 Å². The number of ether oxygens (including phenoxy) is 2. The van der Waals surface area contributed by atoms with Crippen LogP contribution >= 0.6 is 0 Å². The van der Waals surface area contributed by atoms with Gasteiger partial charge in [0.05, 0.1) is 25.3 Å². The lowest BCUT2D eigenvalue weighted by molar-refractivity contribution is 0.116. The van der Waals surface area contributed by atoms with Crippen LogP contribution in [0.5, 0.6) is 5.88 Å². The Morgan fingerprint density at radius 3 is 2.94 bits per heavy atom. The van der Waals surface area contributed by atoms with Crippen LogP contribution in [0.15, 0.2) is 4.52 Å². The van der Waals surface area contributed by atoms with Crippen molar-refractivity contribution in [3.8, 4) is 5.88 Å². The lowest BCUT2D eigenvalue weighted by atomic mass is 10.1. The molecular weight excluding hydrogens is 224 g/mol. The van der Waals surface area contributed by atoms with Crippen molar-refractivity contribution >= 4 is 6.09 Å². The van der Waals surface area contributed by atoms with Crippen LogP contribution in [-0.2, 0) is 17.7 Å². The summed E-state index contributed by atoms with van der Waals surface area (Å²) in [6.45, 7) is 4.84. The van der Waals surface area contributed by atoms with Crippen molar-refractivity contribution in [1.29, 1.82) is 0 Å². The van der Waals surface area contributed by atoms with E-state index in [1.165, 1.54) is 7.11 Å². The normalized spacial score (nSPS) is 14.7. The molecule has 0 unspecified atom stereocenters. The Balaban J connectivity index is 2.17. The van der Waals surface area contributed by atoms with Gasteiger partial charge < -0.3 is 18.9 Å². The molecular formula is C11H16N2O4. The Bertz CT molecular complexity index is 414. The molecule has 0 spiro atoms. The van der Waals surface area contributed by atoms with E-state index in [0.29, 0.717) is 25.4 Å². The van der Waals surface area contributed by atoms with Crippen molar-refractivity contribution in [1.82, 2.24) is 10.1 Å². The molecule has 0 N–H and O–H groups in total. The molecule has 1 aliphatic heterocycles. The largest absolute Gasteiger partial charge is 0.473 e. The average molecular weight is 240 g/mol. The van der Waals surface area contributed by atoms with Crippen molar-refractivity contribution in [3.05, 3.63) is 11.3 Å². The number of amides is 1. The average Bonchev–Trinajstić information content (AvgIpc) is 2.70. The number of aromatic nitrogens is 1. The molecule has 6 nitrogen and oxygen atoms in total. The number of rotatable bonds is 2.